The number of hydrogen-bond donors (Lipinski definition) is 13. The number of nitrogens with zero attached hydrogens (tertiary/aromatic N) is 2. The number of halogens is 1. The van der Waals surface area contributed by atoms with Gasteiger partial charge in [0.15, 0.2) is 17.7 Å². The SMILES string of the molecule is CC(=O)N[C@@H](CCCN=C(N)N)C(=O)N[C@H]1CCC(=O)NCCC[C@@H](C(N)=O)NC(=O)[C@H](Cc2c[nH]c3ccccc23)CC(=O)[C@H](CCCN=C(N)N)CC(=O)[C@@H](Cc2cccc(Cl)c2)NC(=O)[C@H](CCC(N)=O)NC1=O. The predicted molar refractivity (Wildman–Crippen MR) is 288 cm³/mol. The largest absolute Gasteiger partial charge is 0.370 e. The normalized spacial score (nSPS) is 21.0. The molecule has 4 rings (SSSR count). The number of carbonyl (C=O) groups is 10. The number of ketones is 2. The van der Waals surface area contributed by atoms with Gasteiger partial charge in [0, 0.05) is 86.2 Å². The standard InChI is InChI=1S/C51H72ClN15O10/c1-28(68)63-37(14-7-21-61-51(57)58)47(75)66-39-16-18-44(72)59-19-6-13-36(45(54)73)64-46(74)31(24-32-27-62-35-12-3-2-11-34(32)35)26-41(69)30(9-5-20-60-50(55)56)25-42(70)40(23-29-8-4-10-33(52)22-29)67-49(77)38(65-48(39)76)15-17-43(53)71/h2-4,8,10-12,22,27,30-31,36-40,62H,5-7,9,13-21,23-26H2,1H3,(H2,53,71)(H2,54,73)(H,59,72)(H,63,68)(H,64,74)(H,65,76)(H,66,75)(H,67,77)(H4,55,56,60)(H4,57,58,61)/t30-,31-,36+,37+,38+,39+,40-/m1/s1. The minimum Gasteiger partial charge on any atom is -0.370 e. The molecule has 0 spiro atoms. The Morgan fingerprint density at radius 3 is 2.12 bits per heavy atom. The number of aromatic amines is 1. The van der Waals surface area contributed by atoms with E-state index in [1.165, 1.54) is 6.92 Å². The van der Waals surface area contributed by atoms with Crippen LogP contribution in [0.3, 0.4) is 0 Å². The van der Waals surface area contributed by atoms with Gasteiger partial charge < -0.3 is 71.3 Å². The minimum absolute atomic E-state index is 0.0168. The number of nitrogens with one attached hydrogen (secondary N) is 7. The van der Waals surface area contributed by atoms with Crippen LogP contribution in [0.2, 0.25) is 5.02 Å². The van der Waals surface area contributed by atoms with Gasteiger partial charge in [0.25, 0.3) is 0 Å². The van der Waals surface area contributed by atoms with E-state index in [0.717, 1.165) is 10.9 Å². The van der Waals surface area contributed by atoms with Crippen molar-refractivity contribution < 1.29 is 47.9 Å². The highest BCUT2D eigenvalue weighted by Crippen LogP contribution is 2.26. The van der Waals surface area contributed by atoms with Crippen LogP contribution in [-0.4, -0.2) is 126 Å². The lowest BCUT2D eigenvalue weighted by molar-refractivity contribution is -0.136. The van der Waals surface area contributed by atoms with Gasteiger partial charge in [-0.15, -0.1) is 0 Å². The van der Waals surface area contributed by atoms with Gasteiger partial charge in [-0.05, 0) is 93.5 Å². The van der Waals surface area contributed by atoms with Crippen molar-refractivity contribution in [2.24, 2.45) is 56.2 Å². The van der Waals surface area contributed by atoms with Gasteiger partial charge in [0.2, 0.25) is 47.3 Å². The van der Waals surface area contributed by atoms with Crippen molar-refractivity contribution in [3.8, 4) is 0 Å². The van der Waals surface area contributed by atoms with Crippen LogP contribution in [0.25, 0.3) is 10.9 Å². The second kappa shape index (κ2) is 31.1. The summed E-state index contributed by atoms with van der Waals surface area (Å²) in [5.41, 5.74) is 35.3. The zero-order chi connectivity index (χ0) is 56.6. The van der Waals surface area contributed by atoms with Crippen molar-refractivity contribution in [1.82, 2.24) is 36.9 Å². The maximum absolute atomic E-state index is 14.8. The van der Waals surface area contributed by atoms with Crippen LogP contribution in [-0.2, 0) is 60.8 Å². The number of aliphatic imine (C=N–C) groups is 2. The molecule has 3 aromatic rings. The Hall–Kier alpha value is -8.09. The Balaban J connectivity index is 1.80. The van der Waals surface area contributed by atoms with Crippen molar-refractivity contribution in [2.75, 3.05) is 19.6 Å². The number of hydrogen-bond acceptors (Lipinski definition) is 12. The second-order valence-corrected chi connectivity index (χ2v) is 19.4. The topological polar surface area (TPSA) is 440 Å². The molecule has 418 valence electrons. The zero-order valence-electron chi connectivity index (χ0n) is 43.1. The number of fused-ring (bicyclic) bond motifs is 1. The summed E-state index contributed by atoms with van der Waals surface area (Å²) in [5, 5.41) is 16.9. The second-order valence-electron chi connectivity index (χ2n) is 19.0. The molecule has 0 bridgehead atoms. The first-order valence-electron chi connectivity index (χ1n) is 25.4. The van der Waals surface area contributed by atoms with Gasteiger partial charge >= 0.3 is 0 Å². The van der Waals surface area contributed by atoms with E-state index in [2.05, 4.69) is 46.9 Å². The van der Waals surface area contributed by atoms with Gasteiger partial charge in [-0.1, -0.05) is 41.9 Å². The summed E-state index contributed by atoms with van der Waals surface area (Å²) in [5.74, 6) is -10.0. The van der Waals surface area contributed by atoms with E-state index in [4.69, 9.17) is 46.0 Å². The van der Waals surface area contributed by atoms with E-state index in [1.54, 1.807) is 30.5 Å². The number of guanidine groups is 2. The fourth-order valence-corrected chi connectivity index (χ4v) is 9.03. The zero-order valence-corrected chi connectivity index (χ0v) is 43.8. The molecule has 1 fully saturated rings. The molecule has 25 nitrogen and oxygen atoms in total. The molecule has 2 aromatic carbocycles. The third kappa shape index (κ3) is 21.6. The fourth-order valence-electron chi connectivity index (χ4n) is 8.82. The Morgan fingerprint density at radius 2 is 1.44 bits per heavy atom. The lowest BCUT2D eigenvalue weighted by atomic mass is 9.83. The summed E-state index contributed by atoms with van der Waals surface area (Å²) in [4.78, 5) is 148. The summed E-state index contributed by atoms with van der Waals surface area (Å²) in [6.45, 7) is 1.34. The average molecular weight is 1090 g/mol. The molecule has 77 heavy (non-hydrogen) atoms. The van der Waals surface area contributed by atoms with Crippen molar-refractivity contribution in [3.05, 3.63) is 70.9 Å². The van der Waals surface area contributed by atoms with Crippen LogP contribution in [0, 0.1) is 11.8 Å². The molecule has 0 unspecified atom stereocenters. The van der Waals surface area contributed by atoms with Crippen molar-refractivity contribution >= 4 is 93.2 Å². The van der Waals surface area contributed by atoms with E-state index >= 15 is 0 Å². The maximum atomic E-state index is 14.8. The van der Waals surface area contributed by atoms with Gasteiger partial charge in [-0.3, -0.25) is 57.9 Å². The predicted octanol–water partition coefficient (Wildman–Crippen LogP) is -1.25. The first-order valence-corrected chi connectivity index (χ1v) is 25.8. The number of rotatable bonds is 19. The highest BCUT2D eigenvalue weighted by molar-refractivity contribution is 6.30. The summed E-state index contributed by atoms with van der Waals surface area (Å²) in [6, 6.07) is 6.83. The van der Waals surface area contributed by atoms with Crippen LogP contribution in [0.1, 0.15) is 95.1 Å². The third-order valence-electron chi connectivity index (χ3n) is 12.8. The molecule has 26 heteroatoms. The maximum Gasteiger partial charge on any atom is 0.243 e. The third-order valence-corrected chi connectivity index (χ3v) is 13.0. The Labute approximate surface area is 450 Å². The molecule has 1 aliphatic heterocycles. The van der Waals surface area contributed by atoms with Gasteiger partial charge in [0.1, 0.15) is 30.0 Å². The smallest absolute Gasteiger partial charge is 0.243 e. The molecule has 0 radical (unpaired) electrons. The number of carbonyl (C=O) groups excluding carboxylic acids is 10. The molecule has 19 N–H and O–H groups in total. The quantitative estimate of drug-likeness (QED) is 0.0379. The molecule has 0 aliphatic carbocycles. The Bertz CT molecular complexity index is 2650. The highest BCUT2D eigenvalue weighted by Gasteiger charge is 2.35. The first-order chi connectivity index (χ1) is 36.6. The molecular weight excluding hydrogens is 1020 g/mol. The molecule has 7 atom stereocenters. The summed E-state index contributed by atoms with van der Waals surface area (Å²) < 4.78 is 0. The molecule has 2 heterocycles. The average Bonchev–Trinajstić information content (AvgIpc) is 3.78. The number of Topliss-reactive ketones (excluding diaryl/α,β-unsaturated/α-hetero) is 2. The van der Waals surface area contributed by atoms with E-state index < -0.39 is 120 Å². The molecule has 8 amide bonds. The van der Waals surface area contributed by atoms with Crippen LogP contribution < -0.4 is 66.3 Å². The van der Waals surface area contributed by atoms with Crippen LogP contribution >= 0.6 is 11.6 Å². The number of aromatic nitrogens is 1. The molecule has 1 aliphatic rings. The van der Waals surface area contributed by atoms with Crippen molar-refractivity contribution in [3.63, 3.8) is 0 Å². The number of para-hydroxylation sites is 1. The van der Waals surface area contributed by atoms with Crippen LogP contribution in [0.15, 0.2) is 64.7 Å². The summed E-state index contributed by atoms with van der Waals surface area (Å²) >= 11 is 6.35. The Morgan fingerprint density at radius 1 is 0.753 bits per heavy atom. The van der Waals surface area contributed by atoms with E-state index in [0.29, 0.717) is 16.1 Å². The summed E-state index contributed by atoms with van der Waals surface area (Å²) in [7, 11) is 0. The van der Waals surface area contributed by atoms with E-state index in [-0.39, 0.29) is 102 Å². The Kier molecular flexibility index (Phi) is 24.8. The molecular formula is C51H72ClN15O10. The fraction of sp³-hybridized carbons (Fsp3) is 0.490. The number of benzene rings is 2. The molecule has 1 aromatic heterocycles. The lowest BCUT2D eigenvalue weighted by Gasteiger charge is -2.27. The molecule has 0 saturated carbocycles. The van der Waals surface area contributed by atoms with E-state index in [1.807, 2.05) is 24.3 Å². The summed E-state index contributed by atoms with van der Waals surface area (Å²) in [6.07, 6.45) is -0.247. The van der Waals surface area contributed by atoms with Crippen LogP contribution in [0.4, 0.5) is 0 Å². The van der Waals surface area contributed by atoms with Crippen molar-refractivity contribution in [2.45, 2.75) is 127 Å². The number of H-pyrrole nitrogens is 1. The number of primary amides is 2. The lowest BCUT2D eigenvalue weighted by Crippen LogP contribution is -2.58. The van der Waals surface area contributed by atoms with E-state index in [9.17, 15) is 47.9 Å². The van der Waals surface area contributed by atoms with Gasteiger partial charge in [-0.25, -0.2) is 0 Å². The number of amides is 8. The number of nitrogens with two attached hydrogens (primary N) is 6. The first kappa shape index (κ1) is 61.5. The minimum atomic E-state index is -1.58. The highest BCUT2D eigenvalue weighted by atomic mass is 35.5. The molecule has 1 saturated heterocycles. The van der Waals surface area contributed by atoms with Crippen molar-refractivity contribution in [1.29, 1.82) is 0 Å². The van der Waals surface area contributed by atoms with Crippen LogP contribution in [0.5, 0.6) is 0 Å². The monoisotopic (exact) mass is 1090 g/mol. The van der Waals surface area contributed by atoms with Gasteiger partial charge in [0.05, 0.1) is 6.04 Å². The van der Waals surface area contributed by atoms with Gasteiger partial charge in [-0.2, -0.15) is 0 Å².